The first-order chi connectivity index (χ1) is 6.82. The minimum Gasteiger partial charge on any atom is -0.287 e. The Kier molecular flexibility index (Phi) is 4.20. The average Bonchev–Trinajstić information content (AvgIpc) is 2.14. The fourth-order valence-corrected chi connectivity index (χ4v) is 1.43. The van der Waals surface area contributed by atoms with Crippen molar-refractivity contribution in [2.75, 3.05) is 0 Å². The number of Topliss-reactive ketones (excluding diaryl/α,β-unsaturated/α-hetero) is 2. The van der Waals surface area contributed by atoms with Crippen molar-refractivity contribution in [2.45, 2.75) is 2.14 Å². The molecule has 0 aliphatic heterocycles. The van der Waals surface area contributed by atoms with Crippen molar-refractivity contribution in [3.05, 3.63) is 35.6 Å². The summed E-state index contributed by atoms with van der Waals surface area (Å²) in [6.07, 6.45) is 0. The molecule has 0 saturated carbocycles. The molecule has 1 aromatic rings. The molecule has 0 bridgehead atoms. The molecule has 0 radical (unpaired) electrons. The van der Waals surface area contributed by atoms with Crippen LogP contribution < -0.4 is 0 Å². The number of carbonyl (C=O) groups excluding carboxylic acids is 2. The van der Waals surface area contributed by atoms with E-state index in [4.69, 9.17) is 0 Å². The van der Waals surface area contributed by atoms with Crippen molar-refractivity contribution in [3.63, 3.8) is 0 Å². The number of benzene rings is 1. The van der Waals surface area contributed by atoms with E-state index in [1.807, 2.05) is 0 Å². The second-order valence-corrected chi connectivity index (χ2v) is 9.43. The van der Waals surface area contributed by atoms with Crippen molar-refractivity contribution in [3.8, 4) is 0 Å². The van der Waals surface area contributed by atoms with Gasteiger partial charge in [-0.3, -0.25) is 9.59 Å². The summed E-state index contributed by atoms with van der Waals surface area (Å²) in [5, 5.41) is 0. The lowest BCUT2D eigenvalue weighted by molar-refractivity contribution is -0.113. The molecule has 1 aromatic carbocycles. The summed E-state index contributed by atoms with van der Waals surface area (Å²) in [5.41, 5.74) is 0.0164. The standard InChI is InChI=1S/C9H4Br3FO2/c10-9(11,12)8(15)7(14)5-2-1-3-6(13)4-5/h1-4H. The number of rotatable bonds is 2. The summed E-state index contributed by atoms with van der Waals surface area (Å²) in [5.74, 6) is -2.09. The lowest BCUT2D eigenvalue weighted by atomic mass is 10.1. The van der Waals surface area contributed by atoms with Gasteiger partial charge in [0, 0.05) is 5.56 Å². The maximum atomic E-state index is 12.8. The molecular weight excluding hydrogens is 399 g/mol. The van der Waals surface area contributed by atoms with Crippen LogP contribution in [0.4, 0.5) is 4.39 Å². The topological polar surface area (TPSA) is 34.1 Å². The number of ketones is 2. The van der Waals surface area contributed by atoms with Gasteiger partial charge in [0.2, 0.25) is 13.7 Å². The fourth-order valence-electron chi connectivity index (χ4n) is 0.890. The average molecular weight is 403 g/mol. The summed E-state index contributed by atoms with van der Waals surface area (Å²) in [4.78, 5) is 23.0. The van der Waals surface area contributed by atoms with E-state index in [1.54, 1.807) is 0 Å². The van der Waals surface area contributed by atoms with Crippen LogP contribution in [0.5, 0.6) is 0 Å². The summed E-state index contributed by atoms with van der Waals surface area (Å²) in [6, 6.07) is 4.96. The quantitative estimate of drug-likeness (QED) is 0.431. The van der Waals surface area contributed by atoms with Crippen LogP contribution in [-0.4, -0.2) is 13.7 Å². The zero-order valence-corrected chi connectivity index (χ0v) is 11.9. The van der Waals surface area contributed by atoms with Crippen molar-refractivity contribution in [1.82, 2.24) is 0 Å². The molecule has 0 spiro atoms. The van der Waals surface area contributed by atoms with Gasteiger partial charge >= 0.3 is 0 Å². The predicted octanol–water partition coefficient (Wildman–Crippen LogP) is 3.42. The monoisotopic (exact) mass is 400 g/mol. The maximum absolute atomic E-state index is 12.8. The van der Waals surface area contributed by atoms with Crippen LogP contribution >= 0.6 is 47.8 Å². The first kappa shape index (κ1) is 13.0. The minimum atomic E-state index is -1.30. The summed E-state index contributed by atoms with van der Waals surface area (Å²) < 4.78 is 11.5. The first-order valence-corrected chi connectivity index (χ1v) is 6.11. The number of hydrogen-bond donors (Lipinski definition) is 0. The number of hydrogen-bond acceptors (Lipinski definition) is 2. The van der Waals surface area contributed by atoms with Gasteiger partial charge in [0.05, 0.1) is 0 Å². The van der Waals surface area contributed by atoms with Gasteiger partial charge in [0.15, 0.2) is 0 Å². The van der Waals surface area contributed by atoms with Crippen LogP contribution in [0.1, 0.15) is 10.4 Å². The fraction of sp³-hybridized carbons (Fsp3) is 0.111. The van der Waals surface area contributed by atoms with Gasteiger partial charge in [-0.05, 0) is 12.1 Å². The number of halogens is 4. The summed E-state index contributed by atoms with van der Waals surface area (Å²) in [7, 11) is 0. The molecule has 1 rings (SSSR count). The van der Waals surface area contributed by atoms with Crippen molar-refractivity contribution < 1.29 is 14.0 Å². The molecule has 0 saturated heterocycles. The third-order valence-electron chi connectivity index (χ3n) is 1.55. The minimum absolute atomic E-state index is 0.0164. The third-order valence-corrected chi connectivity index (χ3v) is 2.63. The molecule has 0 aromatic heterocycles. The van der Waals surface area contributed by atoms with Crippen molar-refractivity contribution >= 4 is 59.4 Å². The Morgan fingerprint density at radius 2 is 1.80 bits per heavy atom. The SMILES string of the molecule is O=C(C(=O)C(Br)(Br)Br)c1cccc(F)c1. The molecule has 0 aliphatic rings. The Balaban J connectivity index is 3.01. The van der Waals surface area contributed by atoms with Crippen LogP contribution in [-0.2, 0) is 4.79 Å². The summed E-state index contributed by atoms with van der Waals surface area (Å²) >= 11 is 8.79. The van der Waals surface area contributed by atoms with Gasteiger partial charge in [-0.15, -0.1) is 0 Å². The highest BCUT2D eigenvalue weighted by atomic mass is 80.0. The number of alkyl halides is 3. The Labute approximate surface area is 111 Å². The normalized spacial score (nSPS) is 11.2. The number of carbonyl (C=O) groups is 2. The molecule has 2 nitrogen and oxygen atoms in total. The largest absolute Gasteiger partial charge is 0.287 e. The van der Waals surface area contributed by atoms with Gasteiger partial charge in [-0.1, -0.05) is 59.9 Å². The molecule has 0 fully saturated rings. The smallest absolute Gasteiger partial charge is 0.241 e. The molecule has 0 unspecified atom stereocenters. The summed E-state index contributed by atoms with van der Waals surface area (Å²) in [6.45, 7) is 0. The Morgan fingerprint density at radius 3 is 2.27 bits per heavy atom. The lowest BCUT2D eigenvalue weighted by Gasteiger charge is -2.08. The zero-order valence-electron chi connectivity index (χ0n) is 7.14. The molecule has 0 aliphatic carbocycles. The van der Waals surface area contributed by atoms with Crippen LogP contribution in [0.25, 0.3) is 0 Å². The molecular formula is C9H4Br3FO2. The molecule has 0 heterocycles. The molecule has 0 atom stereocenters. The second kappa shape index (κ2) is 4.84. The first-order valence-electron chi connectivity index (χ1n) is 3.74. The highest BCUT2D eigenvalue weighted by Gasteiger charge is 2.34. The van der Waals surface area contributed by atoms with Crippen molar-refractivity contribution in [2.24, 2.45) is 0 Å². The molecule has 0 N–H and O–H groups in total. The molecule has 15 heavy (non-hydrogen) atoms. The van der Waals surface area contributed by atoms with E-state index in [1.165, 1.54) is 18.2 Å². The molecule has 6 heteroatoms. The van der Waals surface area contributed by atoms with Gasteiger partial charge in [-0.25, -0.2) is 4.39 Å². The van der Waals surface area contributed by atoms with E-state index < -0.39 is 19.5 Å². The van der Waals surface area contributed by atoms with E-state index in [-0.39, 0.29) is 5.56 Å². The maximum Gasteiger partial charge on any atom is 0.241 e. The predicted molar refractivity (Wildman–Crippen MR) is 65.2 cm³/mol. The van der Waals surface area contributed by atoms with Gasteiger partial charge in [0.1, 0.15) is 5.82 Å². The van der Waals surface area contributed by atoms with Crippen LogP contribution in [0, 0.1) is 5.82 Å². The third kappa shape index (κ3) is 3.46. The Hall–Kier alpha value is -0.0700. The van der Waals surface area contributed by atoms with Crippen LogP contribution in [0.3, 0.4) is 0 Å². The second-order valence-electron chi connectivity index (χ2n) is 2.67. The zero-order chi connectivity index (χ0) is 11.6. The van der Waals surface area contributed by atoms with Gasteiger partial charge in [-0.2, -0.15) is 0 Å². The van der Waals surface area contributed by atoms with E-state index in [2.05, 4.69) is 47.8 Å². The van der Waals surface area contributed by atoms with Crippen molar-refractivity contribution in [1.29, 1.82) is 0 Å². The van der Waals surface area contributed by atoms with Crippen LogP contribution in [0.2, 0.25) is 0 Å². The van der Waals surface area contributed by atoms with E-state index >= 15 is 0 Å². The highest BCUT2D eigenvalue weighted by molar-refractivity contribution is 9.40. The van der Waals surface area contributed by atoms with Gasteiger partial charge < -0.3 is 0 Å². The van der Waals surface area contributed by atoms with E-state index in [0.29, 0.717) is 0 Å². The Bertz CT molecular complexity index is 412. The molecule has 0 amide bonds. The lowest BCUT2D eigenvalue weighted by Crippen LogP contribution is -2.26. The van der Waals surface area contributed by atoms with E-state index in [0.717, 1.165) is 6.07 Å². The highest BCUT2D eigenvalue weighted by Crippen LogP contribution is 2.35. The van der Waals surface area contributed by atoms with Gasteiger partial charge in [0.25, 0.3) is 0 Å². The van der Waals surface area contributed by atoms with E-state index in [9.17, 15) is 14.0 Å². The van der Waals surface area contributed by atoms with Crippen LogP contribution in [0.15, 0.2) is 24.3 Å². The Morgan fingerprint density at radius 1 is 1.20 bits per heavy atom. The molecule has 80 valence electrons.